The second kappa shape index (κ2) is 12.0. The van der Waals surface area contributed by atoms with Gasteiger partial charge in [-0.2, -0.15) is 0 Å². The SMILES string of the molecule is CCN1CCN(c2cc(CNC(=NC)NCCc3cccc(C(=O)NC)c3)ccn2)CC1. The first-order valence-corrected chi connectivity index (χ1v) is 11.3. The van der Waals surface area contributed by atoms with E-state index in [0.717, 1.165) is 63.0 Å². The van der Waals surface area contributed by atoms with Crippen LogP contribution < -0.4 is 20.9 Å². The van der Waals surface area contributed by atoms with E-state index in [2.05, 4.69) is 48.7 Å². The first-order chi connectivity index (χ1) is 15.6. The van der Waals surface area contributed by atoms with Crippen molar-refractivity contribution in [3.05, 3.63) is 59.3 Å². The number of anilines is 1. The highest BCUT2D eigenvalue weighted by Crippen LogP contribution is 2.15. The van der Waals surface area contributed by atoms with E-state index in [1.54, 1.807) is 14.1 Å². The first kappa shape index (κ1) is 23.5. The van der Waals surface area contributed by atoms with Gasteiger partial charge in [-0.1, -0.05) is 19.1 Å². The zero-order chi connectivity index (χ0) is 22.8. The molecule has 3 rings (SSSR count). The molecule has 1 saturated heterocycles. The minimum Gasteiger partial charge on any atom is -0.356 e. The second-order valence-corrected chi connectivity index (χ2v) is 7.83. The third-order valence-electron chi connectivity index (χ3n) is 5.76. The molecule has 2 aromatic rings. The van der Waals surface area contributed by atoms with E-state index in [1.807, 2.05) is 36.5 Å². The summed E-state index contributed by atoms with van der Waals surface area (Å²) in [4.78, 5) is 25.5. The molecule has 0 atom stereocenters. The van der Waals surface area contributed by atoms with E-state index < -0.39 is 0 Å². The fourth-order valence-electron chi connectivity index (χ4n) is 3.78. The highest BCUT2D eigenvalue weighted by molar-refractivity contribution is 5.94. The summed E-state index contributed by atoms with van der Waals surface area (Å²) in [5, 5.41) is 9.38. The molecule has 0 radical (unpaired) electrons. The lowest BCUT2D eigenvalue weighted by Gasteiger charge is -2.34. The van der Waals surface area contributed by atoms with Crippen LogP contribution in [0, 0.1) is 0 Å². The number of aliphatic imine (C=N–C) groups is 1. The molecule has 172 valence electrons. The van der Waals surface area contributed by atoms with Crippen LogP contribution in [0.2, 0.25) is 0 Å². The molecule has 8 nitrogen and oxygen atoms in total. The molecule has 3 N–H and O–H groups in total. The molecule has 8 heteroatoms. The monoisotopic (exact) mass is 437 g/mol. The molecule has 1 fully saturated rings. The number of amides is 1. The maximum absolute atomic E-state index is 11.8. The maximum atomic E-state index is 11.8. The molecular formula is C24H35N7O. The van der Waals surface area contributed by atoms with Gasteiger partial charge in [0.15, 0.2) is 5.96 Å². The molecule has 1 aromatic carbocycles. The van der Waals surface area contributed by atoms with Crippen LogP contribution in [0.1, 0.15) is 28.4 Å². The first-order valence-electron chi connectivity index (χ1n) is 11.3. The van der Waals surface area contributed by atoms with Gasteiger partial charge in [0.25, 0.3) is 5.91 Å². The maximum Gasteiger partial charge on any atom is 0.251 e. The van der Waals surface area contributed by atoms with Crippen LogP contribution in [0.25, 0.3) is 0 Å². The highest BCUT2D eigenvalue weighted by atomic mass is 16.1. The number of nitrogens with zero attached hydrogens (tertiary/aromatic N) is 4. The summed E-state index contributed by atoms with van der Waals surface area (Å²) in [6, 6.07) is 11.9. The molecule has 1 aliphatic rings. The molecule has 0 saturated carbocycles. The van der Waals surface area contributed by atoms with Gasteiger partial charge in [-0.15, -0.1) is 0 Å². The summed E-state index contributed by atoms with van der Waals surface area (Å²) in [5.74, 6) is 1.72. The number of carbonyl (C=O) groups excluding carboxylic acids is 1. The summed E-state index contributed by atoms with van der Waals surface area (Å²) in [5.41, 5.74) is 2.96. The quantitative estimate of drug-likeness (QED) is 0.429. The lowest BCUT2D eigenvalue weighted by molar-refractivity contribution is 0.0963. The number of pyridine rings is 1. The molecule has 1 amide bonds. The molecule has 0 aliphatic carbocycles. The number of benzene rings is 1. The minimum absolute atomic E-state index is 0.0683. The van der Waals surface area contributed by atoms with E-state index in [4.69, 9.17) is 0 Å². The zero-order valence-electron chi connectivity index (χ0n) is 19.4. The second-order valence-electron chi connectivity index (χ2n) is 7.83. The van der Waals surface area contributed by atoms with Crippen LogP contribution in [-0.4, -0.2) is 75.1 Å². The summed E-state index contributed by atoms with van der Waals surface area (Å²) < 4.78 is 0. The number of carbonyl (C=O) groups is 1. The number of nitrogens with one attached hydrogen (secondary N) is 3. The Morgan fingerprint density at radius 3 is 2.62 bits per heavy atom. The van der Waals surface area contributed by atoms with Crippen molar-refractivity contribution < 1.29 is 4.79 Å². The van der Waals surface area contributed by atoms with Crippen molar-refractivity contribution in [1.82, 2.24) is 25.8 Å². The number of likely N-dealkylation sites (N-methyl/N-ethyl adjacent to an activating group) is 1. The van der Waals surface area contributed by atoms with E-state index in [1.165, 1.54) is 5.56 Å². The van der Waals surface area contributed by atoms with Crippen molar-refractivity contribution in [2.75, 3.05) is 58.3 Å². The summed E-state index contributed by atoms with van der Waals surface area (Å²) in [6.07, 6.45) is 2.68. The van der Waals surface area contributed by atoms with E-state index >= 15 is 0 Å². The van der Waals surface area contributed by atoms with Gasteiger partial charge >= 0.3 is 0 Å². The van der Waals surface area contributed by atoms with Crippen molar-refractivity contribution in [3.63, 3.8) is 0 Å². The standard InChI is InChI=1S/C24H35N7O/c1-4-30-12-14-31(15-13-30)22-17-20(9-10-27-22)18-29-24(26-3)28-11-8-19-6-5-7-21(16-19)23(32)25-2/h5-7,9-10,16-17H,4,8,11-15,18H2,1-3H3,(H,25,32)(H2,26,28,29). The number of guanidine groups is 1. The fourth-order valence-corrected chi connectivity index (χ4v) is 3.78. The van der Waals surface area contributed by atoms with Gasteiger partial charge < -0.3 is 25.8 Å². The van der Waals surface area contributed by atoms with Crippen LogP contribution in [0.4, 0.5) is 5.82 Å². The Labute approximate surface area is 191 Å². The van der Waals surface area contributed by atoms with Crippen LogP contribution in [0.3, 0.4) is 0 Å². The summed E-state index contributed by atoms with van der Waals surface area (Å²) in [7, 11) is 3.41. The van der Waals surface area contributed by atoms with Crippen LogP contribution >= 0.6 is 0 Å². The van der Waals surface area contributed by atoms with Crippen molar-refractivity contribution >= 4 is 17.7 Å². The van der Waals surface area contributed by atoms with Crippen LogP contribution in [0.5, 0.6) is 0 Å². The fraction of sp³-hybridized carbons (Fsp3) is 0.458. The molecule has 1 aliphatic heterocycles. The average Bonchev–Trinajstić information content (AvgIpc) is 2.86. The molecule has 0 bridgehead atoms. The van der Waals surface area contributed by atoms with Gasteiger partial charge in [-0.25, -0.2) is 4.98 Å². The van der Waals surface area contributed by atoms with Gasteiger partial charge in [0.2, 0.25) is 0 Å². The van der Waals surface area contributed by atoms with Crippen molar-refractivity contribution in [2.45, 2.75) is 19.9 Å². The predicted octanol–water partition coefficient (Wildman–Crippen LogP) is 1.49. The Hall–Kier alpha value is -3.13. The Bertz CT molecular complexity index is 907. The smallest absolute Gasteiger partial charge is 0.251 e. The Morgan fingerprint density at radius 2 is 1.91 bits per heavy atom. The molecule has 1 aromatic heterocycles. The van der Waals surface area contributed by atoms with Crippen molar-refractivity contribution in [2.24, 2.45) is 4.99 Å². The Morgan fingerprint density at radius 1 is 1.09 bits per heavy atom. The Kier molecular flexibility index (Phi) is 8.86. The van der Waals surface area contributed by atoms with Gasteiger partial charge in [-0.3, -0.25) is 9.79 Å². The minimum atomic E-state index is -0.0683. The summed E-state index contributed by atoms with van der Waals surface area (Å²) in [6.45, 7) is 8.92. The molecular weight excluding hydrogens is 402 g/mol. The van der Waals surface area contributed by atoms with E-state index in [0.29, 0.717) is 12.1 Å². The van der Waals surface area contributed by atoms with Gasteiger partial charge in [0.05, 0.1) is 0 Å². The lowest BCUT2D eigenvalue weighted by atomic mass is 10.1. The Balaban J connectivity index is 1.47. The van der Waals surface area contributed by atoms with E-state index in [9.17, 15) is 4.79 Å². The van der Waals surface area contributed by atoms with Gasteiger partial charge in [-0.05, 0) is 48.4 Å². The molecule has 0 spiro atoms. The van der Waals surface area contributed by atoms with Crippen molar-refractivity contribution in [3.8, 4) is 0 Å². The normalized spacial score (nSPS) is 14.8. The molecule has 0 unspecified atom stereocenters. The molecule has 2 heterocycles. The topological polar surface area (TPSA) is 84.9 Å². The zero-order valence-corrected chi connectivity index (χ0v) is 19.4. The van der Waals surface area contributed by atoms with Gasteiger partial charge in [0, 0.05) is 65.1 Å². The number of aromatic nitrogens is 1. The number of rotatable bonds is 8. The summed E-state index contributed by atoms with van der Waals surface area (Å²) >= 11 is 0. The molecule has 32 heavy (non-hydrogen) atoms. The van der Waals surface area contributed by atoms with Crippen LogP contribution in [-0.2, 0) is 13.0 Å². The van der Waals surface area contributed by atoms with Gasteiger partial charge in [0.1, 0.15) is 5.82 Å². The third kappa shape index (κ3) is 6.68. The predicted molar refractivity (Wildman–Crippen MR) is 130 cm³/mol. The van der Waals surface area contributed by atoms with Crippen molar-refractivity contribution in [1.29, 1.82) is 0 Å². The average molecular weight is 438 g/mol. The highest BCUT2D eigenvalue weighted by Gasteiger charge is 2.16. The number of piperazine rings is 1. The number of hydrogen-bond acceptors (Lipinski definition) is 5. The van der Waals surface area contributed by atoms with Crippen LogP contribution in [0.15, 0.2) is 47.6 Å². The third-order valence-corrected chi connectivity index (χ3v) is 5.76. The van der Waals surface area contributed by atoms with E-state index in [-0.39, 0.29) is 5.91 Å². The largest absolute Gasteiger partial charge is 0.356 e. The number of hydrogen-bond donors (Lipinski definition) is 3. The lowest BCUT2D eigenvalue weighted by Crippen LogP contribution is -2.46.